The number of fused-ring (bicyclic) bond motifs is 2. The molecule has 5 nitrogen and oxygen atoms in total. The van der Waals surface area contributed by atoms with Crippen LogP contribution in [0.15, 0.2) is 48.5 Å². The molecule has 5 rings (SSSR count). The van der Waals surface area contributed by atoms with Crippen molar-refractivity contribution in [2.45, 2.75) is 72.1 Å². The summed E-state index contributed by atoms with van der Waals surface area (Å²) >= 11 is 0. The van der Waals surface area contributed by atoms with Gasteiger partial charge in [-0.1, -0.05) is 53.6 Å². The third-order valence-corrected chi connectivity index (χ3v) is 8.02. The van der Waals surface area contributed by atoms with E-state index in [0.717, 1.165) is 44.7 Å². The first-order valence-electron chi connectivity index (χ1n) is 13.6. The van der Waals surface area contributed by atoms with Gasteiger partial charge in [0.15, 0.2) is 0 Å². The van der Waals surface area contributed by atoms with Crippen molar-refractivity contribution in [2.24, 2.45) is 5.73 Å². The van der Waals surface area contributed by atoms with E-state index in [1.165, 1.54) is 50.1 Å². The molecule has 0 fully saturated rings. The van der Waals surface area contributed by atoms with Gasteiger partial charge in [0.25, 0.3) is 0 Å². The molecule has 0 bridgehead atoms. The summed E-state index contributed by atoms with van der Waals surface area (Å²) in [6.07, 6.45) is 2.50. The predicted molar refractivity (Wildman–Crippen MR) is 152 cm³/mol. The standard InChI is InChI=1S/C32H40N4O/c1-20-5-7-25-10-12-36(19-26(25)15-20)18-24-6-8-30-28(16-24)31(9-11-34-30)35-32(37)29(33)17-27-22(3)13-21(2)14-23(27)4/h5-8,13-16,29,31,34H,9-12,17-19,33H2,1-4H3,(H,35,37)/t29-,31+/m0/s1. The van der Waals surface area contributed by atoms with E-state index in [4.69, 9.17) is 5.73 Å². The second-order valence-electron chi connectivity index (χ2n) is 11.1. The molecule has 0 saturated carbocycles. The molecule has 0 saturated heterocycles. The highest BCUT2D eigenvalue weighted by atomic mass is 16.2. The van der Waals surface area contributed by atoms with Crippen LogP contribution in [0, 0.1) is 27.7 Å². The minimum atomic E-state index is -0.571. The average Bonchev–Trinajstić information content (AvgIpc) is 2.86. The molecular weight excluding hydrogens is 456 g/mol. The van der Waals surface area contributed by atoms with E-state index in [0.29, 0.717) is 6.42 Å². The van der Waals surface area contributed by atoms with Gasteiger partial charge in [0, 0.05) is 31.9 Å². The van der Waals surface area contributed by atoms with Gasteiger partial charge in [-0.05, 0) is 92.0 Å². The van der Waals surface area contributed by atoms with Crippen LogP contribution < -0.4 is 16.4 Å². The summed E-state index contributed by atoms with van der Waals surface area (Å²) in [5.41, 5.74) is 19.1. The van der Waals surface area contributed by atoms with Crippen molar-refractivity contribution in [1.29, 1.82) is 0 Å². The van der Waals surface area contributed by atoms with Crippen LogP contribution in [-0.4, -0.2) is 29.9 Å². The smallest absolute Gasteiger partial charge is 0.237 e. The van der Waals surface area contributed by atoms with Crippen LogP contribution in [0.1, 0.15) is 62.5 Å². The van der Waals surface area contributed by atoms with Crippen molar-refractivity contribution < 1.29 is 4.79 Å². The second-order valence-corrected chi connectivity index (χ2v) is 11.1. The number of rotatable bonds is 6. The lowest BCUT2D eigenvalue weighted by atomic mass is 9.93. The molecule has 0 aliphatic carbocycles. The molecule has 0 aromatic heterocycles. The predicted octanol–water partition coefficient (Wildman–Crippen LogP) is 5.02. The quantitative estimate of drug-likeness (QED) is 0.448. The number of nitrogens with one attached hydrogen (secondary N) is 2. The first kappa shape index (κ1) is 25.5. The van der Waals surface area contributed by atoms with Crippen LogP contribution in [0.3, 0.4) is 0 Å². The van der Waals surface area contributed by atoms with E-state index < -0.39 is 6.04 Å². The summed E-state index contributed by atoms with van der Waals surface area (Å²) in [5.74, 6) is -0.0781. The average molecular weight is 497 g/mol. The number of nitrogens with zero attached hydrogens (tertiary/aromatic N) is 1. The SMILES string of the molecule is Cc1cc(C)c(C[C@H](N)C(=O)N[C@@H]2CCNc3ccc(CN4CCc5ccc(C)cc5C4)cc32)c(C)c1. The zero-order chi connectivity index (χ0) is 26.1. The first-order chi connectivity index (χ1) is 17.8. The van der Waals surface area contributed by atoms with Crippen LogP contribution in [0.25, 0.3) is 0 Å². The molecule has 2 aliphatic rings. The Morgan fingerprint density at radius 1 is 1.03 bits per heavy atom. The molecule has 3 aromatic carbocycles. The van der Waals surface area contributed by atoms with Gasteiger partial charge in [-0.3, -0.25) is 9.69 Å². The fourth-order valence-electron chi connectivity index (χ4n) is 6.08. The Kier molecular flexibility index (Phi) is 7.36. The third kappa shape index (κ3) is 5.73. The van der Waals surface area contributed by atoms with E-state index in [9.17, 15) is 4.79 Å². The lowest BCUT2D eigenvalue weighted by Gasteiger charge is -2.31. The summed E-state index contributed by atoms with van der Waals surface area (Å²) < 4.78 is 0. The molecule has 0 unspecified atom stereocenters. The van der Waals surface area contributed by atoms with Crippen LogP contribution in [0.2, 0.25) is 0 Å². The lowest BCUT2D eigenvalue weighted by molar-refractivity contribution is -0.123. The Labute approximate surface area is 221 Å². The van der Waals surface area contributed by atoms with Gasteiger partial charge in [0.05, 0.1) is 12.1 Å². The van der Waals surface area contributed by atoms with Crippen molar-refractivity contribution in [3.63, 3.8) is 0 Å². The number of anilines is 1. The molecular formula is C32H40N4O. The minimum Gasteiger partial charge on any atom is -0.385 e. The highest BCUT2D eigenvalue weighted by Gasteiger charge is 2.26. The van der Waals surface area contributed by atoms with Gasteiger partial charge in [-0.25, -0.2) is 0 Å². The second kappa shape index (κ2) is 10.7. The molecule has 1 amide bonds. The number of nitrogens with two attached hydrogens (primary N) is 1. The fraction of sp³-hybridized carbons (Fsp3) is 0.406. The van der Waals surface area contributed by atoms with Crippen molar-refractivity contribution in [2.75, 3.05) is 18.4 Å². The third-order valence-electron chi connectivity index (χ3n) is 8.02. The number of benzene rings is 3. The number of aryl methyl sites for hydroxylation is 4. The fourth-order valence-corrected chi connectivity index (χ4v) is 6.08. The summed E-state index contributed by atoms with van der Waals surface area (Å²) in [4.78, 5) is 15.7. The monoisotopic (exact) mass is 496 g/mol. The summed E-state index contributed by atoms with van der Waals surface area (Å²) in [6.45, 7) is 12.3. The topological polar surface area (TPSA) is 70.4 Å². The molecule has 3 aromatic rings. The van der Waals surface area contributed by atoms with Crippen LogP contribution in [0.4, 0.5) is 5.69 Å². The van der Waals surface area contributed by atoms with Crippen molar-refractivity contribution >= 4 is 11.6 Å². The molecule has 2 heterocycles. The first-order valence-corrected chi connectivity index (χ1v) is 13.6. The van der Waals surface area contributed by atoms with Gasteiger partial charge >= 0.3 is 0 Å². The number of amides is 1. The molecule has 0 spiro atoms. The Balaban J connectivity index is 1.27. The van der Waals surface area contributed by atoms with E-state index in [1.54, 1.807) is 0 Å². The van der Waals surface area contributed by atoms with E-state index in [2.05, 4.69) is 91.8 Å². The van der Waals surface area contributed by atoms with E-state index in [1.807, 2.05) is 0 Å². The largest absolute Gasteiger partial charge is 0.385 e. The Bertz CT molecular complexity index is 1290. The number of hydrogen-bond donors (Lipinski definition) is 3. The summed E-state index contributed by atoms with van der Waals surface area (Å²) in [6, 6.07) is 17.2. The van der Waals surface area contributed by atoms with Crippen molar-refractivity contribution in [3.05, 3.63) is 98.6 Å². The molecule has 2 aliphatic heterocycles. The molecule has 5 heteroatoms. The Morgan fingerprint density at radius 3 is 2.59 bits per heavy atom. The van der Waals surface area contributed by atoms with Gasteiger partial charge in [-0.2, -0.15) is 0 Å². The summed E-state index contributed by atoms with van der Waals surface area (Å²) in [7, 11) is 0. The number of hydrogen-bond acceptors (Lipinski definition) is 4. The zero-order valence-electron chi connectivity index (χ0n) is 22.7. The molecule has 4 N–H and O–H groups in total. The Morgan fingerprint density at radius 2 is 1.81 bits per heavy atom. The number of carbonyl (C=O) groups excluding carboxylic acids is 1. The Hall–Kier alpha value is -3.15. The number of carbonyl (C=O) groups is 1. The molecule has 0 radical (unpaired) electrons. The molecule has 37 heavy (non-hydrogen) atoms. The van der Waals surface area contributed by atoms with Gasteiger partial charge in [0.2, 0.25) is 5.91 Å². The highest BCUT2D eigenvalue weighted by Crippen LogP contribution is 2.32. The minimum absolute atomic E-state index is 0.0281. The lowest BCUT2D eigenvalue weighted by Crippen LogP contribution is -2.44. The van der Waals surface area contributed by atoms with Crippen LogP contribution >= 0.6 is 0 Å². The normalized spacial score (nSPS) is 17.9. The van der Waals surface area contributed by atoms with Gasteiger partial charge in [-0.15, -0.1) is 0 Å². The van der Waals surface area contributed by atoms with Gasteiger partial charge in [0.1, 0.15) is 0 Å². The van der Waals surface area contributed by atoms with Crippen LogP contribution in [-0.2, 0) is 30.7 Å². The van der Waals surface area contributed by atoms with Gasteiger partial charge < -0.3 is 16.4 Å². The van der Waals surface area contributed by atoms with Crippen molar-refractivity contribution in [1.82, 2.24) is 10.2 Å². The van der Waals surface area contributed by atoms with E-state index in [-0.39, 0.29) is 11.9 Å². The maximum absolute atomic E-state index is 13.2. The molecule has 2 atom stereocenters. The summed E-state index contributed by atoms with van der Waals surface area (Å²) in [5, 5.41) is 6.79. The highest BCUT2D eigenvalue weighted by molar-refractivity contribution is 5.82. The maximum atomic E-state index is 13.2. The van der Waals surface area contributed by atoms with E-state index >= 15 is 0 Å². The maximum Gasteiger partial charge on any atom is 0.237 e. The molecule has 194 valence electrons. The van der Waals surface area contributed by atoms with Crippen molar-refractivity contribution in [3.8, 4) is 0 Å². The zero-order valence-corrected chi connectivity index (χ0v) is 22.7. The van der Waals surface area contributed by atoms with Crippen LogP contribution in [0.5, 0.6) is 0 Å².